The number of carbonyl (C=O) groups is 1. The van der Waals surface area contributed by atoms with Crippen LogP contribution in [0.25, 0.3) is 0 Å². The minimum absolute atomic E-state index is 0.0263. The zero-order valence-corrected chi connectivity index (χ0v) is 13.8. The lowest BCUT2D eigenvalue weighted by Crippen LogP contribution is -2.37. The van der Waals surface area contributed by atoms with Crippen molar-refractivity contribution in [1.29, 1.82) is 0 Å². The van der Waals surface area contributed by atoms with Gasteiger partial charge in [0.05, 0.1) is 11.4 Å². The lowest BCUT2D eigenvalue weighted by molar-refractivity contribution is -0.116. The van der Waals surface area contributed by atoms with E-state index in [0.29, 0.717) is 6.42 Å². The highest BCUT2D eigenvalue weighted by molar-refractivity contribution is 7.89. The van der Waals surface area contributed by atoms with Crippen molar-refractivity contribution in [3.63, 3.8) is 0 Å². The second-order valence-corrected chi connectivity index (χ2v) is 7.84. The third-order valence-corrected chi connectivity index (χ3v) is 6.06. The van der Waals surface area contributed by atoms with Crippen LogP contribution in [-0.2, 0) is 21.2 Å². The van der Waals surface area contributed by atoms with Crippen molar-refractivity contribution < 1.29 is 13.2 Å². The average Bonchev–Trinajstić information content (AvgIpc) is 2.90. The molecule has 0 amide bonds. The Morgan fingerprint density at radius 1 is 1.04 bits per heavy atom. The molecule has 0 radical (unpaired) electrons. The number of rotatable bonds is 4. The fourth-order valence-electron chi connectivity index (χ4n) is 2.92. The molecule has 23 heavy (non-hydrogen) atoms. The van der Waals surface area contributed by atoms with Crippen LogP contribution in [0.4, 0.5) is 0 Å². The maximum Gasteiger partial charge on any atom is 0.243 e. The Labute approximate surface area is 136 Å². The van der Waals surface area contributed by atoms with Crippen LogP contribution in [0.2, 0.25) is 0 Å². The Balaban J connectivity index is 1.89. The van der Waals surface area contributed by atoms with Crippen molar-refractivity contribution in [2.24, 2.45) is 0 Å². The number of Topliss-reactive ketones (excluding diaryl/α,β-unsaturated/α-hetero) is 1. The molecule has 0 spiro atoms. The van der Waals surface area contributed by atoms with Crippen molar-refractivity contribution in [3.8, 4) is 0 Å². The summed E-state index contributed by atoms with van der Waals surface area (Å²) < 4.78 is 27.1. The largest absolute Gasteiger partial charge is 0.298 e. The van der Waals surface area contributed by atoms with Gasteiger partial charge in [-0.25, -0.2) is 8.42 Å². The quantitative estimate of drug-likeness (QED) is 0.866. The number of benzene rings is 2. The maximum atomic E-state index is 12.9. The number of sulfonamides is 1. The van der Waals surface area contributed by atoms with Gasteiger partial charge in [-0.05, 0) is 31.0 Å². The molecule has 1 fully saturated rings. The first-order valence-corrected chi connectivity index (χ1v) is 9.05. The molecule has 1 atom stereocenters. The molecule has 0 aliphatic carbocycles. The number of ketones is 1. The zero-order chi connectivity index (χ0) is 16.4. The number of nitrogens with zero attached hydrogens (tertiary/aromatic N) is 1. The molecule has 5 heteroatoms. The Kier molecular flexibility index (Phi) is 4.33. The van der Waals surface area contributed by atoms with E-state index in [-0.39, 0.29) is 29.7 Å². The van der Waals surface area contributed by atoms with Crippen molar-refractivity contribution in [2.75, 3.05) is 6.54 Å². The van der Waals surface area contributed by atoms with Gasteiger partial charge in [0, 0.05) is 12.5 Å². The van der Waals surface area contributed by atoms with Gasteiger partial charge in [0.1, 0.15) is 5.78 Å². The zero-order valence-electron chi connectivity index (χ0n) is 13.0. The molecule has 2 aromatic carbocycles. The van der Waals surface area contributed by atoms with Crippen LogP contribution in [0.3, 0.4) is 0 Å². The second-order valence-electron chi connectivity index (χ2n) is 5.95. The molecule has 1 aliphatic rings. The van der Waals surface area contributed by atoms with Crippen LogP contribution < -0.4 is 0 Å². The predicted octanol–water partition coefficient (Wildman–Crippen LogP) is 2.57. The van der Waals surface area contributed by atoms with Crippen LogP contribution >= 0.6 is 0 Å². The molecule has 0 bridgehead atoms. The second kappa shape index (κ2) is 6.26. The molecule has 4 nitrogen and oxygen atoms in total. The molecule has 3 rings (SSSR count). The van der Waals surface area contributed by atoms with Crippen LogP contribution in [0.15, 0.2) is 59.5 Å². The van der Waals surface area contributed by atoms with Crippen LogP contribution in [-0.4, -0.2) is 31.1 Å². The van der Waals surface area contributed by atoms with E-state index in [1.54, 1.807) is 24.3 Å². The van der Waals surface area contributed by atoms with E-state index in [1.165, 1.54) is 4.31 Å². The molecule has 0 unspecified atom stereocenters. The van der Waals surface area contributed by atoms with E-state index in [1.807, 2.05) is 37.3 Å². The Hall–Kier alpha value is -1.98. The minimum atomic E-state index is -3.65. The third-order valence-electron chi connectivity index (χ3n) is 4.14. The van der Waals surface area contributed by atoms with Gasteiger partial charge in [0.2, 0.25) is 10.0 Å². The number of carbonyl (C=O) groups excluding carboxylic acids is 1. The van der Waals surface area contributed by atoms with E-state index >= 15 is 0 Å². The topological polar surface area (TPSA) is 54.5 Å². The first-order valence-electron chi connectivity index (χ1n) is 7.61. The van der Waals surface area contributed by atoms with Gasteiger partial charge in [-0.2, -0.15) is 4.31 Å². The van der Waals surface area contributed by atoms with E-state index in [2.05, 4.69) is 0 Å². The highest BCUT2D eigenvalue weighted by Crippen LogP contribution is 2.27. The van der Waals surface area contributed by atoms with E-state index < -0.39 is 10.0 Å². The number of hydrogen-bond acceptors (Lipinski definition) is 3. The number of aryl methyl sites for hydroxylation is 1. The van der Waals surface area contributed by atoms with Gasteiger partial charge in [-0.3, -0.25) is 4.79 Å². The Bertz CT molecular complexity index is 798. The van der Waals surface area contributed by atoms with Gasteiger partial charge in [0.25, 0.3) is 0 Å². The summed E-state index contributed by atoms with van der Waals surface area (Å²) in [6.45, 7) is 1.88. The summed E-state index contributed by atoms with van der Waals surface area (Å²) in [6.07, 6.45) is 0.831. The summed E-state index contributed by atoms with van der Waals surface area (Å²) in [6, 6.07) is 16.1. The lowest BCUT2D eigenvalue weighted by atomic mass is 10.0. The summed E-state index contributed by atoms with van der Waals surface area (Å²) in [4.78, 5) is 12.1. The van der Waals surface area contributed by atoms with Crippen molar-refractivity contribution in [3.05, 3.63) is 65.7 Å². The molecule has 0 N–H and O–H groups in total. The summed E-state index contributed by atoms with van der Waals surface area (Å²) in [5.41, 5.74) is 2.04. The Morgan fingerprint density at radius 2 is 1.70 bits per heavy atom. The highest BCUT2D eigenvalue weighted by Gasteiger charge is 2.39. The van der Waals surface area contributed by atoms with Crippen LogP contribution in [0, 0.1) is 6.92 Å². The van der Waals surface area contributed by atoms with E-state index in [0.717, 1.165) is 11.1 Å². The Morgan fingerprint density at radius 3 is 2.35 bits per heavy atom. The van der Waals surface area contributed by atoms with E-state index in [9.17, 15) is 13.2 Å². The maximum absolute atomic E-state index is 12.9. The first-order chi connectivity index (χ1) is 11.0. The highest BCUT2D eigenvalue weighted by atomic mass is 32.2. The van der Waals surface area contributed by atoms with Gasteiger partial charge in [0.15, 0.2) is 0 Å². The molecular weight excluding hydrogens is 310 g/mol. The lowest BCUT2D eigenvalue weighted by Gasteiger charge is -2.23. The molecule has 0 aromatic heterocycles. The van der Waals surface area contributed by atoms with Crippen LogP contribution in [0.1, 0.15) is 17.5 Å². The van der Waals surface area contributed by atoms with Crippen molar-refractivity contribution in [1.82, 2.24) is 4.31 Å². The monoisotopic (exact) mass is 329 g/mol. The van der Waals surface area contributed by atoms with Gasteiger partial charge in [-0.1, -0.05) is 48.0 Å². The molecular formula is C18H19NO3S. The SMILES string of the molecule is Cc1ccc(S(=O)(=O)N2CC(=O)C[C@H]2Cc2ccccc2)cc1. The molecule has 1 aliphatic heterocycles. The third kappa shape index (κ3) is 3.35. The summed E-state index contributed by atoms with van der Waals surface area (Å²) in [5, 5.41) is 0. The predicted molar refractivity (Wildman–Crippen MR) is 88.6 cm³/mol. The fraction of sp³-hybridized carbons (Fsp3) is 0.278. The molecule has 0 saturated carbocycles. The molecule has 120 valence electrons. The van der Waals surface area contributed by atoms with Gasteiger partial charge in [-0.15, -0.1) is 0 Å². The van der Waals surface area contributed by atoms with Gasteiger partial charge >= 0.3 is 0 Å². The molecule has 1 saturated heterocycles. The smallest absolute Gasteiger partial charge is 0.243 e. The summed E-state index contributed by atoms with van der Waals surface area (Å²) >= 11 is 0. The minimum Gasteiger partial charge on any atom is -0.298 e. The fourth-order valence-corrected chi connectivity index (χ4v) is 4.53. The standard InChI is InChI=1S/C18H19NO3S/c1-14-7-9-18(10-8-14)23(21,22)19-13-17(20)12-16(19)11-15-5-3-2-4-6-15/h2-10,16H,11-13H2,1H3/t16-/m1/s1. The van der Waals surface area contributed by atoms with Crippen molar-refractivity contribution in [2.45, 2.75) is 30.7 Å². The summed E-state index contributed by atoms with van der Waals surface area (Å²) in [7, 11) is -3.65. The summed E-state index contributed by atoms with van der Waals surface area (Å²) in [5.74, 6) is -0.0263. The molecule has 2 aromatic rings. The van der Waals surface area contributed by atoms with Crippen LogP contribution in [0.5, 0.6) is 0 Å². The average molecular weight is 329 g/mol. The van der Waals surface area contributed by atoms with Gasteiger partial charge < -0.3 is 0 Å². The number of hydrogen-bond donors (Lipinski definition) is 0. The van der Waals surface area contributed by atoms with E-state index in [4.69, 9.17) is 0 Å². The normalized spacial score (nSPS) is 19.2. The van der Waals surface area contributed by atoms with Crippen molar-refractivity contribution >= 4 is 15.8 Å². The first kappa shape index (κ1) is 15.9. The molecule has 1 heterocycles.